The van der Waals surface area contributed by atoms with Gasteiger partial charge in [0, 0.05) is 25.8 Å². The van der Waals surface area contributed by atoms with Crippen molar-refractivity contribution in [3.05, 3.63) is 0 Å². The van der Waals surface area contributed by atoms with Crippen molar-refractivity contribution in [3.8, 4) is 0 Å². The molecule has 1 amide bonds. The Labute approximate surface area is 105 Å². The molecular weight excluding hydrogens is 214 g/mol. The molecule has 0 spiro atoms. The summed E-state index contributed by atoms with van der Waals surface area (Å²) in [6.45, 7) is 4.59. The summed E-state index contributed by atoms with van der Waals surface area (Å²) in [5, 5.41) is 2.80. The minimum absolute atomic E-state index is 0.168. The highest BCUT2D eigenvalue weighted by Gasteiger charge is 2.00. The van der Waals surface area contributed by atoms with Crippen LogP contribution < -0.4 is 5.32 Å². The second-order valence-corrected chi connectivity index (χ2v) is 4.47. The van der Waals surface area contributed by atoms with E-state index in [1.165, 1.54) is 12.8 Å². The van der Waals surface area contributed by atoms with Gasteiger partial charge in [-0.25, -0.2) is 0 Å². The maximum absolute atomic E-state index is 11.1. The molecule has 17 heavy (non-hydrogen) atoms. The molecule has 0 bridgehead atoms. The van der Waals surface area contributed by atoms with Gasteiger partial charge in [-0.05, 0) is 19.8 Å². The van der Waals surface area contributed by atoms with E-state index in [4.69, 9.17) is 0 Å². The molecule has 0 aromatic heterocycles. The van der Waals surface area contributed by atoms with Crippen LogP contribution >= 0.6 is 0 Å². The van der Waals surface area contributed by atoms with Crippen LogP contribution in [0.2, 0.25) is 0 Å². The molecule has 1 N–H and O–H groups in total. The average molecular weight is 241 g/mol. The number of nitrogens with one attached hydrogen (secondary N) is 1. The van der Waals surface area contributed by atoms with Crippen molar-refractivity contribution < 1.29 is 9.59 Å². The second kappa shape index (κ2) is 11.6. The lowest BCUT2D eigenvalue weighted by atomic mass is 10.1. The van der Waals surface area contributed by atoms with Crippen molar-refractivity contribution in [3.63, 3.8) is 0 Å². The molecule has 0 fully saturated rings. The maximum atomic E-state index is 11.1. The first kappa shape index (κ1) is 16.1. The summed E-state index contributed by atoms with van der Waals surface area (Å²) in [6.07, 6.45) is 8.73. The Morgan fingerprint density at radius 3 is 1.88 bits per heavy atom. The normalized spacial score (nSPS) is 10.2. The minimum atomic E-state index is 0.168. The summed E-state index contributed by atoms with van der Waals surface area (Å²) in [6, 6.07) is 0. The zero-order chi connectivity index (χ0) is 12.9. The lowest BCUT2D eigenvalue weighted by molar-refractivity contribution is -0.121. The predicted molar refractivity (Wildman–Crippen MR) is 70.9 cm³/mol. The molecule has 0 aliphatic carbocycles. The summed E-state index contributed by atoms with van der Waals surface area (Å²) in [5.74, 6) is 0.544. The van der Waals surface area contributed by atoms with E-state index >= 15 is 0 Å². The molecule has 3 nitrogen and oxygen atoms in total. The van der Waals surface area contributed by atoms with Crippen molar-refractivity contribution in [1.29, 1.82) is 0 Å². The number of rotatable bonds is 11. The van der Waals surface area contributed by atoms with Gasteiger partial charge in [-0.3, -0.25) is 9.59 Å². The van der Waals surface area contributed by atoms with Crippen molar-refractivity contribution in [1.82, 2.24) is 5.32 Å². The lowest BCUT2D eigenvalue weighted by Crippen LogP contribution is -2.21. The zero-order valence-electron chi connectivity index (χ0n) is 11.4. The Morgan fingerprint density at radius 1 is 0.824 bits per heavy atom. The van der Waals surface area contributed by atoms with Gasteiger partial charge in [0.25, 0.3) is 0 Å². The van der Waals surface area contributed by atoms with Crippen LogP contribution in [0.25, 0.3) is 0 Å². The number of Topliss-reactive ketones (excluding diaryl/α,β-unsaturated/α-hetero) is 1. The molecule has 3 heteroatoms. The molecular formula is C14H27NO2. The van der Waals surface area contributed by atoms with Crippen molar-refractivity contribution >= 4 is 11.7 Å². The molecule has 0 heterocycles. The van der Waals surface area contributed by atoms with E-state index in [-0.39, 0.29) is 5.91 Å². The number of carbonyl (C=O) groups excluding carboxylic acids is 2. The Bertz CT molecular complexity index is 214. The molecule has 0 radical (unpaired) electrons. The first-order chi connectivity index (χ1) is 8.20. The number of carbonyl (C=O) groups is 2. The molecule has 0 atom stereocenters. The Kier molecular flexibility index (Phi) is 11.0. The Balaban J connectivity index is 3.13. The van der Waals surface area contributed by atoms with Crippen LogP contribution in [0.15, 0.2) is 0 Å². The fourth-order valence-corrected chi connectivity index (χ4v) is 1.78. The van der Waals surface area contributed by atoms with Crippen LogP contribution in [0, 0.1) is 0 Å². The third-order valence-corrected chi connectivity index (χ3v) is 2.88. The summed E-state index contributed by atoms with van der Waals surface area (Å²) in [7, 11) is 0. The van der Waals surface area contributed by atoms with Crippen LogP contribution in [0.5, 0.6) is 0 Å². The SMILES string of the molecule is CCNC(=O)CCCCCCCCC(=O)CC. The van der Waals surface area contributed by atoms with Gasteiger partial charge < -0.3 is 5.32 Å². The molecule has 0 saturated carbocycles. The molecule has 0 unspecified atom stereocenters. The van der Waals surface area contributed by atoms with Crippen molar-refractivity contribution in [2.24, 2.45) is 0 Å². The van der Waals surface area contributed by atoms with E-state index in [1.54, 1.807) is 0 Å². The number of unbranched alkanes of at least 4 members (excludes halogenated alkanes) is 5. The lowest BCUT2D eigenvalue weighted by Gasteiger charge is -2.02. The number of hydrogen-bond donors (Lipinski definition) is 1. The monoisotopic (exact) mass is 241 g/mol. The molecule has 0 aliphatic rings. The number of hydrogen-bond acceptors (Lipinski definition) is 2. The minimum Gasteiger partial charge on any atom is -0.356 e. The number of ketones is 1. The fourth-order valence-electron chi connectivity index (χ4n) is 1.78. The van der Waals surface area contributed by atoms with Gasteiger partial charge in [0.1, 0.15) is 5.78 Å². The fraction of sp³-hybridized carbons (Fsp3) is 0.857. The van der Waals surface area contributed by atoms with Gasteiger partial charge >= 0.3 is 0 Å². The van der Waals surface area contributed by atoms with Crippen LogP contribution in [0.4, 0.5) is 0 Å². The van der Waals surface area contributed by atoms with E-state index in [2.05, 4.69) is 5.32 Å². The predicted octanol–water partition coefficient (Wildman–Crippen LogP) is 3.22. The summed E-state index contributed by atoms with van der Waals surface area (Å²) in [5.41, 5.74) is 0. The highest BCUT2D eigenvalue weighted by atomic mass is 16.1. The maximum Gasteiger partial charge on any atom is 0.219 e. The smallest absolute Gasteiger partial charge is 0.219 e. The second-order valence-electron chi connectivity index (χ2n) is 4.47. The Morgan fingerprint density at radius 2 is 1.35 bits per heavy atom. The van der Waals surface area contributed by atoms with Gasteiger partial charge in [0.05, 0.1) is 0 Å². The van der Waals surface area contributed by atoms with E-state index in [0.717, 1.165) is 38.6 Å². The summed E-state index contributed by atoms with van der Waals surface area (Å²) >= 11 is 0. The van der Waals surface area contributed by atoms with Crippen molar-refractivity contribution in [2.45, 2.75) is 71.6 Å². The third-order valence-electron chi connectivity index (χ3n) is 2.88. The van der Waals surface area contributed by atoms with E-state index < -0.39 is 0 Å². The van der Waals surface area contributed by atoms with Gasteiger partial charge in [0.15, 0.2) is 0 Å². The quantitative estimate of drug-likeness (QED) is 0.564. The average Bonchev–Trinajstić information content (AvgIpc) is 2.32. The van der Waals surface area contributed by atoms with Gasteiger partial charge in [-0.15, -0.1) is 0 Å². The van der Waals surface area contributed by atoms with E-state index in [0.29, 0.717) is 18.6 Å². The highest BCUT2D eigenvalue weighted by Crippen LogP contribution is 2.09. The molecule has 0 aromatic rings. The van der Waals surface area contributed by atoms with Crippen LogP contribution in [0.3, 0.4) is 0 Å². The number of amides is 1. The largest absolute Gasteiger partial charge is 0.356 e. The van der Waals surface area contributed by atoms with Gasteiger partial charge in [0.2, 0.25) is 5.91 Å². The van der Waals surface area contributed by atoms with E-state index in [9.17, 15) is 9.59 Å². The molecule has 0 aliphatic heterocycles. The van der Waals surface area contributed by atoms with Crippen LogP contribution in [-0.2, 0) is 9.59 Å². The Hall–Kier alpha value is -0.860. The standard InChI is InChI=1S/C14H27NO2/c1-3-13(16)11-9-7-5-6-8-10-12-14(17)15-4-2/h3-12H2,1-2H3,(H,15,17). The first-order valence-electron chi connectivity index (χ1n) is 6.99. The van der Waals surface area contributed by atoms with Crippen LogP contribution in [-0.4, -0.2) is 18.2 Å². The molecule has 100 valence electrons. The third kappa shape index (κ3) is 11.4. The topological polar surface area (TPSA) is 46.2 Å². The van der Waals surface area contributed by atoms with E-state index in [1.807, 2.05) is 13.8 Å². The zero-order valence-corrected chi connectivity index (χ0v) is 11.4. The molecule has 0 aromatic carbocycles. The summed E-state index contributed by atoms with van der Waals surface area (Å²) < 4.78 is 0. The first-order valence-corrected chi connectivity index (χ1v) is 6.99. The molecule has 0 saturated heterocycles. The van der Waals surface area contributed by atoms with Crippen LogP contribution in [0.1, 0.15) is 71.6 Å². The summed E-state index contributed by atoms with van der Waals surface area (Å²) in [4.78, 5) is 22.2. The van der Waals surface area contributed by atoms with Gasteiger partial charge in [-0.1, -0.05) is 32.6 Å². The van der Waals surface area contributed by atoms with Gasteiger partial charge in [-0.2, -0.15) is 0 Å². The highest BCUT2D eigenvalue weighted by molar-refractivity contribution is 5.77. The van der Waals surface area contributed by atoms with Crippen molar-refractivity contribution in [2.75, 3.05) is 6.54 Å². The molecule has 0 rings (SSSR count).